The highest BCUT2D eigenvalue weighted by atomic mass is 79.9. The molecule has 0 aliphatic carbocycles. The maximum atomic E-state index is 12.0. The fraction of sp³-hybridized carbons (Fsp3) is 0.312. The summed E-state index contributed by atoms with van der Waals surface area (Å²) in [5, 5.41) is 3.03. The number of carbonyl (C=O) groups excluding carboxylic acids is 1. The van der Waals surface area contributed by atoms with Crippen LogP contribution in [-0.4, -0.2) is 29.9 Å². The summed E-state index contributed by atoms with van der Waals surface area (Å²) in [4.78, 5) is 14.4. The Morgan fingerprint density at radius 3 is 2.81 bits per heavy atom. The number of halogens is 1. The van der Waals surface area contributed by atoms with E-state index in [2.05, 4.69) is 50.4 Å². The lowest BCUT2D eigenvalue weighted by Crippen LogP contribution is -2.36. The third-order valence-corrected chi connectivity index (χ3v) is 4.08. The first-order valence-corrected chi connectivity index (χ1v) is 7.82. The van der Waals surface area contributed by atoms with E-state index in [9.17, 15) is 4.79 Å². The van der Waals surface area contributed by atoms with Crippen LogP contribution in [0.2, 0.25) is 0 Å². The quantitative estimate of drug-likeness (QED) is 0.923. The summed E-state index contributed by atoms with van der Waals surface area (Å²) in [5.74, 6) is 0.204. The molecule has 0 bridgehead atoms. The van der Waals surface area contributed by atoms with Crippen molar-refractivity contribution in [2.75, 3.05) is 13.1 Å². The second kappa shape index (κ2) is 6.45. The normalized spacial score (nSPS) is 18.8. The van der Waals surface area contributed by atoms with Crippen molar-refractivity contribution in [3.63, 3.8) is 0 Å². The Balaban J connectivity index is 1.52. The summed E-state index contributed by atoms with van der Waals surface area (Å²) in [5.41, 5.74) is 1.31. The number of hydrogen-bond acceptors (Lipinski definition) is 3. The third-order valence-electron chi connectivity index (χ3n) is 3.65. The molecule has 1 aromatic heterocycles. The van der Waals surface area contributed by atoms with Crippen LogP contribution in [0.25, 0.3) is 0 Å². The fourth-order valence-electron chi connectivity index (χ4n) is 2.63. The van der Waals surface area contributed by atoms with Crippen molar-refractivity contribution in [2.45, 2.75) is 19.0 Å². The second-order valence-corrected chi connectivity index (χ2v) is 6.07. The van der Waals surface area contributed by atoms with Gasteiger partial charge < -0.3 is 9.73 Å². The van der Waals surface area contributed by atoms with Crippen molar-refractivity contribution in [2.24, 2.45) is 0 Å². The Hall–Kier alpha value is -1.59. The highest BCUT2D eigenvalue weighted by molar-refractivity contribution is 9.10. The molecule has 2 heterocycles. The molecular formula is C16H17BrN2O2. The van der Waals surface area contributed by atoms with E-state index in [1.54, 1.807) is 12.1 Å². The molecule has 0 spiro atoms. The van der Waals surface area contributed by atoms with Gasteiger partial charge in [-0.2, -0.15) is 0 Å². The molecule has 110 valence electrons. The Morgan fingerprint density at radius 2 is 2.10 bits per heavy atom. The number of furan rings is 1. The van der Waals surface area contributed by atoms with E-state index in [-0.39, 0.29) is 11.9 Å². The molecule has 1 aromatic carbocycles. The maximum absolute atomic E-state index is 12.0. The summed E-state index contributed by atoms with van der Waals surface area (Å²) >= 11 is 3.20. The molecule has 0 saturated carbocycles. The lowest BCUT2D eigenvalue weighted by Gasteiger charge is -2.16. The van der Waals surface area contributed by atoms with Crippen molar-refractivity contribution >= 4 is 21.8 Å². The average molecular weight is 349 g/mol. The van der Waals surface area contributed by atoms with Crippen molar-refractivity contribution in [1.29, 1.82) is 0 Å². The molecule has 2 aromatic rings. The molecule has 1 amide bonds. The van der Waals surface area contributed by atoms with Crippen LogP contribution < -0.4 is 5.32 Å². The monoisotopic (exact) mass is 348 g/mol. The largest absolute Gasteiger partial charge is 0.444 e. The van der Waals surface area contributed by atoms with Crippen LogP contribution in [0.4, 0.5) is 0 Å². The minimum absolute atomic E-state index is 0.146. The molecule has 0 radical (unpaired) electrons. The maximum Gasteiger partial charge on any atom is 0.287 e. The first-order valence-electron chi connectivity index (χ1n) is 7.03. The number of carbonyl (C=O) groups is 1. The topological polar surface area (TPSA) is 45.5 Å². The summed E-state index contributed by atoms with van der Waals surface area (Å²) in [6.07, 6.45) is 0.973. The van der Waals surface area contributed by atoms with E-state index in [4.69, 9.17) is 4.42 Å². The molecule has 1 saturated heterocycles. The zero-order valence-electron chi connectivity index (χ0n) is 11.6. The van der Waals surface area contributed by atoms with Crippen LogP contribution in [0.15, 0.2) is 51.6 Å². The standard InChI is InChI=1S/C16H17BrN2O2/c17-15-7-6-14(21-15)16(20)18-13-8-9-19(11-13)10-12-4-2-1-3-5-12/h1-7,13H,8-11H2,(H,18,20). The van der Waals surface area contributed by atoms with Gasteiger partial charge >= 0.3 is 0 Å². The molecule has 5 heteroatoms. The van der Waals surface area contributed by atoms with E-state index in [1.165, 1.54) is 5.56 Å². The number of nitrogens with one attached hydrogen (secondary N) is 1. The van der Waals surface area contributed by atoms with Crippen molar-refractivity contribution in [3.05, 3.63) is 58.5 Å². The highest BCUT2D eigenvalue weighted by Gasteiger charge is 2.25. The number of likely N-dealkylation sites (tertiary alicyclic amines) is 1. The SMILES string of the molecule is O=C(NC1CCN(Cc2ccccc2)C1)c1ccc(Br)o1. The molecule has 1 fully saturated rings. The van der Waals surface area contributed by atoms with E-state index >= 15 is 0 Å². The Kier molecular flexibility index (Phi) is 4.41. The predicted octanol–water partition coefficient (Wildman–Crippen LogP) is 3.05. The Labute approximate surface area is 132 Å². The van der Waals surface area contributed by atoms with Gasteiger partial charge in [-0.25, -0.2) is 0 Å². The van der Waals surface area contributed by atoms with Crippen LogP contribution in [0.5, 0.6) is 0 Å². The average Bonchev–Trinajstić information content (AvgIpc) is 3.09. The molecular weight excluding hydrogens is 332 g/mol. The predicted molar refractivity (Wildman–Crippen MR) is 84.0 cm³/mol. The number of nitrogens with zero attached hydrogens (tertiary/aromatic N) is 1. The third kappa shape index (κ3) is 3.74. The number of amides is 1. The first kappa shape index (κ1) is 14.4. The van der Waals surface area contributed by atoms with Gasteiger partial charge in [0.25, 0.3) is 5.91 Å². The van der Waals surface area contributed by atoms with Gasteiger partial charge in [0, 0.05) is 25.7 Å². The van der Waals surface area contributed by atoms with Crippen molar-refractivity contribution in [1.82, 2.24) is 10.2 Å². The van der Waals surface area contributed by atoms with Crippen LogP contribution in [0, 0.1) is 0 Å². The summed E-state index contributed by atoms with van der Waals surface area (Å²) in [6, 6.07) is 14.0. The van der Waals surface area contributed by atoms with Crippen LogP contribution in [0.1, 0.15) is 22.5 Å². The van der Waals surface area contributed by atoms with E-state index < -0.39 is 0 Å². The van der Waals surface area contributed by atoms with Crippen LogP contribution in [-0.2, 0) is 6.54 Å². The van der Waals surface area contributed by atoms with Gasteiger partial charge in [-0.3, -0.25) is 9.69 Å². The number of rotatable bonds is 4. The highest BCUT2D eigenvalue weighted by Crippen LogP contribution is 2.16. The molecule has 3 rings (SSSR count). The van der Waals surface area contributed by atoms with E-state index in [0.29, 0.717) is 10.4 Å². The van der Waals surface area contributed by atoms with Gasteiger partial charge in [0.1, 0.15) is 0 Å². The fourth-order valence-corrected chi connectivity index (χ4v) is 2.94. The minimum atomic E-state index is -0.146. The van der Waals surface area contributed by atoms with E-state index in [1.807, 2.05) is 6.07 Å². The lowest BCUT2D eigenvalue weighted by molar-refractivity contribution is 0.0908. The minimum Gasteiger partial charge on any atom is -0.444 e. The van der Waals surface area contributed by atoms with Gasteiger partial charge in [0.2, 0.25) is 0 Å². The van der Waals surface area contributed by atoms with Gasteiger partial charge in [-0.05, 0) is 40.0 Å². The summed E-state index contributed by atoms with van der Waals surface area (Å²) in [6.45, 7) is 2.81. The van der Waals surface area contributed by atoms with Crippen molar-refractivity contribution in [3.8, 4) is 0 Å². The second-order valence-electron chi connectivity index (χ2n) is 5.28. The van der Waals surface area contributed by atoms with Crippen molar-refractivity contribution < 1.29 is 9.21 Å². The molecule has 1 aliphatic rings. The van der Waals surface area contributed by atoms with Gasteiger partial charge in [0.05, 0.1) is 0 Å². The summed E-state index contributed by atoms with van der Waals surface area (Å²) < 4.78 is 5.84. The van der Waals surface area contributed by atoms with Crippen LogP contribution >= 0.6 is 15.9 Å². The van der Waals surface area contributed by atoms with Gasteiger partial charge in [0.15, 0.2) is 10.4 Å². The van der Waals surface area contributed by atoms with E-state index in [0.717, 1.165) is 26.1 Å². The molecule has 1 N–H and O–H groups in total. The molecule has 1 atom stereocenters. The lowest BCUT2D eigenvalue weighted by atomic mass is 10.2. The smallest absolute Gasteiger partial charge is 0.287 e. The summed E-state index contributed by atoms with van der Waals surface area (Å²) in [7, 11) is 0. The number of benzene rings is 1. The molecule has 1 unspecified atom stereocenters. The first-order chi connectivity index (χ1) is 10.2. The molecule has 1 aliphatic heterocycles. The van der Waals surface area contributed by atoms with Gasteiger partial charge in [-0.15, -0.1) is 0 Å². The van der Waals surface area contributed by atoms with Gasteiger partial charge in [-0.1, -0.05) is 30.3 Å². The zero-order valence-corrected chi connectivity index (χ0v) is 13.2. The number of hydrogen-bond donors (Lipinski definition) is 1. The zero-order chi connectivity index (χ0) is 14.7. The molecule has 21 heavy (non-hydrogen) atoms. The Bertz CT molecular complexity index is 612. The Morgan fingerprint density at radius 1 is 1.29 bits per heavy atom. The van der Waals surface area contributed by atoms with Crippen LogP contribution in [0.3, 0.4) is 0 Å². The molecule has 4 nitrogen and oxygen atoms in total.